The summed E-state index contributed by atoms with van der Waals surface area (Å²) in [7, 11) is 0. The van der Waals surface area contributed by atoms with Crippen molar-refractivity contribution in [2.45, 2.75) is 6.42 Å². The molecule has 1 aromatic rings. The molecule has 0 bridgehead atoms. The molecule has 0 unspecified atom stereocenters. The SMILES string of the molecule is O=C(O)c1ccc(C2=CC=CC2)cc1. The van der Waals surface area contributed by atoms with Gasteiger partial charge in [-0.2, -0.15) is 0 Å². The molecule has 14 heavy (non-hydrogen) atoms. The standard InChI is InChI=1S/C12H10O2/c13-12(14)11-7-5-10(6-8-11)9-3-1-2-4-9/h1-3,5-8H,4H2,(H,13,14). The molecule has 0 radical (unpaired) electrons. The Morgan fingerprint density at radius 1 is 1.21 bits per heavy atom. The summed E-state index contributed by atoms with van der Waals surface area (Å²) in [6, 6.07) is 6.97. The van der Waals surface area contributed by atoms with Gasteiger partial charge in [-0.25, -0.2) is 4.79 Å². The molecule has 2 nitrogen and oxygen atoms in total. The Balaban J connectivity index is 2.26. The van der Waals surface area contributed by atoms with Crippen LogP contribution in [0.4, 0.5) is 0 Å². The van der Waals surface area contributed by atoms with Gasteiger partial charge in [0.25, 0.3) is 0 Å². The second-order valence-electron chi connectivity index (χ2n) is 3.21. The molecule has 0 saturated heterocycles. The first-order valence-electron chi connectivity index (χ1n) is 4.47. The molecule has 0 heterocycles. The zero-order chi connectivity index (χ0) is 9.97. The van der Waals surface area contributed by atoms with E-state index in [0.717, 1.165) is 12.0 Å². The first-order chi connectivity index (χ1) is 6.77. The highest BCUT2D eigenvalue weighted by molar-refractivity contribution is 5.88. The highest BCUT2D eigenvalue weighted by Gasteiger charge is 2.05. The highest BCUT2D eigenvalue weighted by atomic mass is 16.4. The molecule has 0 aliphatic heterocycles. The van der Waals surface area contributed by atoms with Gasteiger partial charge < -0.3 is 5.11 Å². The van der Waals surface area contributed by atoms with E-state index in [4.69, 9.17) is 5.11 Å². The van der Waals surface area contributed by atoms with Crippen molar-refractivity contribution in [2.75, 3.05) is 0 Å². The number of carboxylic acid groups (broad SMARTS) is 1. The fraction of sp³-hybridized carbons (Fsp3) is 0.0833. The van der Waals surface area contributed by atoms with Gasteiger partial charge in [0.05, 0.1) is 5.56 Å². The molecule has 1 aromatic carbocycles. The lowest BCUT2D eigenvalue weighted by Gasteiger charge is -2.01. The molecule has 1 N–H and O–H groups in total. The Bertz CT molecular complexity index is 410. The summed E-state index contributed by atoms with van der Waals surface area (Å²) < 4.78 is 0. The number of carboxylic acids is 1. The number of hydrogen-bond donors (Lipinski definition) is 1. The van der Waals surface area contributed by atoms with Crippen LogP contribution in [0, 0.1) is 0 Å². The van der Waals surface area contributed by atoms with Gasteiger partial charge in [-0.3, -0.25) is 0 Å². The van der Waals surface area contributed by atoms with Gasteiger partial charge in [0, 0.05) is 0 Å². The molecule has 1 aliphatic rings. The van der Waals surface area contributed by atoms with Crippen molar-refractivity contribution in [3.63, 3.8) is 0 Å². The van der Waals surface area contributed by atoms with Gasteiger partial charge in [0.15, 0.2) is 0 Å². The summed E-state index contributed by atoms with van der Waals surface area (Å²) in [5.41, 5.74) is 2.67. The van der Waals surface area contributed by atoms with Gasteiger partial charge in [-0.15, -0.1) is 0 Å². The second-order valence-corrected chi connectivity index (χ2v) is 3.21. The average Bonchev–Trinajstić information content (AvgIpc) is 2.71. The van der Waals surface area contributed by atoms with Crippen molar-refractivity contribution in [1.29, 1.82) is 0 Å². The van der Waals surface area contributed by atoms with Crippen molar-refractivity contribution >= 4 is 11.5 Å². The molecule has 0 aromatic heterocycles. The minimum absolute atomic E-state index is 0.334. The van der Waals surface area contributed by atoms with Crippen LogP contribution in [-0.4, -0.2) is 11.1 Å². The molecule has 2 heteroatoms. The molecule has 0 spiro atoms. The maximum absolute atomic E-state index is 10.6. The van der Waals surface area contributed by atoms with Crippen LogP contribution in [0.3, 0.4) is 0 Å². The largest absolute Gasteiger partial charge is 0.478 e. The van der Waals surface area contributed by atoms with E-state index in [1.165, 1.54) is 5.57 Å². The molecule has 2 rings (SSSR count). The smallest absolute Gasteiger partial charge is 0.335 e. The minimum Gasteiger partial charge on any atom is -0.478 e. The van der Waals surface area contributed by atoms with Crippen LogP contribution in [0.25, 0.3) is 5.57 Å². The van der Waals surface area contributed by atoms with Crippen LogP contribution in [0.5, 0.6) is 0 Å². The number of hydrogen-bond acceptors (Lipinski definition) is 1. The van der Waals surface area contributed by atoms with Crippen LogP contribution in [0.1, 0.15) is 22.3 Å². The van der Waals surface area contributed by atoms with E-state index in [1.807, 2.05) is 18.2 Å². The first kappa shape index (κ1) is 8.75. The highest BCUT2D eigenvalue weighted by Crippen LogP contribution is 2.23. The zero-order valence-electron chi connectivity index (χ0n) is 7.60. The van der Waals surface area contributed by atoms with Gasteiger partial charge in [-0.1, -0.05) is 30.4 Å². The lowest BCUT2D eigenvalue weighted by Crippen LogP contribution is -1.95. The number of benzene rings is 1. The lowest BCUT2D eigenvalue weighted by molar-refractivity contribution is 0.0697. The molecule has 0 amide bonds. The van der Waals surface area contributed by atoms with Gasteiger partial charge >= 0.3 is 5.97 Å². The van der Waals surface area contributed by atoms with Crippen molar-refractivity contribution in [1.82, 2.24) is 0 Å². The average molecular weight is 186 g/mol. The monoisotopic (exact) mass is 186 g/mol. The quantitative estimate of drug-likeness (QED) is 0.771. The predicted octanol–water partition coefficient (Wildman–Crippen LogP) is 2.73. The lowest BCUT2D eigenvalue weighted by atomic mass is 10.0. The van der Waals surface area contributed by atoms with Gasteiger partial charge in [0.2, 0.25) is 0 Å². The third-order valence-electron chi connectivity index (χ3n) is 2.27. The number of carbonyl (C=O) groups is 1. The molecule has 0 atom stereocenters. The van der Waals surface area contributed by atoms with E-state index in [0.29, 0.717) is 5.56 Å². The van der Waals surface area contributed by atoms with Crippen LogP contribution in [0.15, 0.2) is 42.5 Å². The molecular weight excluding hydrogens is 176 g/mol. The normalized spacial score (nSPS) is 14.1. The summed E-state index contributed by atoms with van der Waals surface area (Å²) in [6.45, 7) is 0. The van der Waals surface area contributed by atoms with Crippen molar-refractivity contribution in [2.24, 2.45) is 0 Å². The van der Waals surface area contributed by atoms with E-state index >= 15 is 0 Å². The third-order valence-corrected chi connectivity index (χ3v) is 2.27. The Kier molecular flexibility index (Phi) is 2.19. The predicted molar refractivity (Wildman–Crippen MR) is 55.1 cm³/mol. The number of rotatable bonds is 2. The first-order valence-corrected chi connectivity index (χ1v) is 4.47. The Morgan fingerprint density at radius 3 is 2.43 bits per heavy atom. The van der Waals surface area contributed by atoms with Crippen molar-refractivity contribution < 1.29 is 9.90 Å². The van der Waals surface area contributed by atoms with E-state index in [2.05, 4.69) is 12.2 Å². The van der Waals surface area contributed by atoms with Crippen molar-refractivity contribution in [3.05, 3.63) is 53.6 Å². The van der Waals surface area contributed by atoms with E-state index in [9.17, 15) is 4.79 Å². The molecular formula is C12H10O2. The zero-order valence-corrected chi connectivity index (χ0v) is 7.60. The molecule has 1 aliphatic carbocycles. The van der Waals surface area contributed by atoms with Crippen LogP contribution in [0.2, 0.25) is 0 Å². The maximum atomic E-state index is 10.6. The molecule has 0 saturated carbocycles. The summed E-state index contributed by atoms with van der Waals surface area (Å²) in [6.07, 6.45) is 7.09. The van der Waals surface area contributed by atoms with Crippen LogP contribution < -0.4 is 0 Å². The van der Waals surface area contributed by atoms with Crippen LogP contribution >= 0.6 is 0 Å². The second kappa shape index (κ2) is 3.50. The topological polar surface area (TPSA) is 37.3 Å². The van der Waals surface area contributed by atoms with Gasteiger partial charge in [-0.05, 0) is 29.7 Å². The molecule has 70 valence electrons. The summed E-state index contributed by atoms with van der Waals surface area (Å²) in [5, 5.41) is 8.71. The van der Waals surface area contributed by atoms with E-state index in [-0.39, 0.29) is 0 Å². The third kappa shape index (κ3) is 1.59. The Hall–Kier alpha value is -1.83. The fourth-order valence-electron chi connectivity index (χ4n) is 1.49. The molecule has 0 fully saturated rings. The minimum atomic E-state index is -0.880. The van der Waals surface area contributed by atoms with Crippen molar-refractivity contribution in [3.8, 4) is 0 Å². The Labute approximate surface area is 82.2 Å². The van der Waals surface area contributed by atoms with E-state index < -0.39 is 5.97 Å². The number of allylic oxidation sites excluding steroid dienone is 4. The summed E-state index contributed by atoms with van der Waals surface area (Å²) in [4.78, 5) is 10.6. The summed E-state index contributed by atoms with van der Waals surface area (Å²) >= 11 is 0. The number of aromatic carboxylic acids is 1. The Morgan fingerprint density at radius 2 is 1.93 bits per heavy atom. The maximum Gasteiger partial charge on any atom is 0.335 e. The summed E-state index contributed by atoms with van der Waals surface area (Å²) in [5.74, 6) is -0.880. The fourth-order valence-corrected chi connectivity index (χ4v) is 1.49. The van der Waals surface area contributed by atoms with E-state index in [1.54, 1.807) is 12.1 Å². The van der Waals surface area contributed by atoms with Crippen LogP contribution in [-0.2, 0) is 0 Å². The van der Waals surface area contributed by atoms with Gasteiger partial charge in [0.1, 0.15) is 0 Å².